The molecule has 0 saturated heterocycles. The largest absolute Gasteiger partial charge is 0.544 e. The third-order valence-electron chi connectivity index (χ3n) is 5.06. The molecule has 2 aromatic rings. The number of hydrogen-bond acceptors (Lipinski definition) is 6. The van der Waals surface area contributed by atoms with E-state index >= 15 is 0 Å². The highest BCUT2D eigenvalue weighted by atomic mass is 28.4. The number of carboxylic acids is 1. The molecule has 0 fully saturated rings. The molecule has 0 atom stereocenters. The molecule has 2 aromatic carbocycles. The predicted octanol–water partition coefficient (Wildman–Crippen LogP) is 5.25. The Morgan fingerprint density at radius 2 is 1.45 bits per heavy atom. The second-order valence-electron chi connectivity index (χ2n) is 8.10. The van der Waals surface area contributed by atoms with E-state index in [9.17, 15) is 25.0 Å². The molecule has 10 heteroatoms. The number of nitro groups is 2. The molecule has 0 amide bonds. The van der Waals surface area contributed by atoms with Crippen LogP contribution < -0.4 is 4.43 Å². The number of rotatable bonds is 6. The molecule has 0 radical (unpaired) electrons. The van der Waals surface area contributed by atoms with E-state index in [2.05, 4.69) is 33.9 Å². The van der Waals surface area contributed by atoms with Crippen LogP contribution in [0.5, 0.6) is 5.75 Å². The van der Waals surface area contributed by atoms with E-state index in [1.807, 2.05) is 0 Å². The van der Waals surface area contributed by atoms with Crippen molar-refractivity contribution in [1.82, 2.24) is 0 Å². The minimum absolute atomic E-state index is 0.0318. The molecule has 2 rings (SSSR count). The third kappa shape index (κ3) is 4.59. The van der Waals surface area contributed by atoms with E-state index in [4.69, 9.17) is 9.53 Å². The summed E-state index contributed by atoms with van der Waals surface area (Å²) < 4.78 is 6.16. The molecule has 0 bridgehead atoms. The van der Waals surface area contributed by atoms with Crippen molar-refractivity contribution < 1.29 is 24.2 Å². The van der Waals surface area contributed by atoms with Crippen LogP contribution in [0, 0.1) is 20.2 Å². The van der Waals surface area contributed by atoms with E-state index in [0.717, 1.165) is 12.1 Å². The normalized spacial score (nSPS) is 11.8. The van der Waals surface area contributed by atoms with Crippen LogP contribution in [0.25, 0.3) is 11.1 Å². The summed E-state index contributed by atoms with van der Waals surface area (Å²) in [5.74, 6) is -0.923. The summed E-state index contributed by atoms with van der Waals surface area (Å²) in [6, 6.07) is 7.86. The highest BCUT2D eigenvalue weighted by Crippen LogP contribution is 2.41. The first-order valence-electron chi connectivity index (χ1n) is 8.74. The zero-order chi connectivity index (χ0) is 22.1. The summed E-state index contributed by atoms with van der Waals surface area (Å²) >= 11 is 0. The fraction of sp³-hybridized carbons (Fsp3) is 0.316. The molecule has 0 spiro atoms. The Morgan fingerprint density at radius 1 is 1.00 bits per heavy atom. The van der Waals surface area contributed by atoms with Crippen molar-refractivity contribution in [3.8, 4) is 16.9 Å². The SMILES string of the molecule is CC(C)(C)[Si](C)(C)Oc1ccc(-c2c([N+](=O)[O-])cc(C(=O)O)cc2[N+](=O)[O-])cc1. The van der Waals surface area contributed by atoms with E-state index in [1.165, 1.54) is 12.1 Å². The van der Waals surface area contributed by atoms with E-state index < -0.39 is 41.1 Å². The Labute approximate surface area is 168 Å². The van der Waals surface area contributed by atoms with Crippen LogP contribution >= 0.6 is 0 Å². The quantitative estimate of drug-likeness (QED) is 0.384. The number of aromatic carboxylic acids is 1. The lowest BCUT2D eigenvalue weighted by molar-refractivity contribution is -0.392. The fourth-order valence-corrected chi connectivity index (χ4v) is 3.49. The second kappa shape index (κ2) is 7.63. The summed E-state index contributed by atoms with van der Waals surface area (Å²) in [6.45, 7) is 10.4. The smallest absolute Gasteiger partial charge is 0.336 e. The van der Waals surface area contributed by atoms with Gasteiger partial charge in [0.15, 0.2) is 0 Å². The molecule has 29 heavy (non-hydrogen) atoms. The van der Waals surface area contributed by atoms with Crippen molar-refractivity contribution in [1.29, 1.82) is 0 Å². The van der Waals surface area contributed by atoms with Crippen molar-refractivity contribution in [3.63, 3.8) is 0 Å². The molecule has 9 nitrogen and oxygen atoms in total. The van der Waals surface area contributed by atoms with Crippen molar-refractivity contribution in [2.75, 3.05) is 0 Å². The first-order chi connectivity index (χ1) is 13.2. The average Bonchev–Trinajstić information content (AvgIpc) is 2.59. The van der Waals surface area contributed by atoms with Gasteiger partial charge in [-0.1, -0.05) is 32.9 Å². The van der Waals surface area contributed by atoms with Gasteiger partial charge in [0, 0.05) is 12.1 Å². The highest BCUT2D eigenvalue weighted by molar-refractivity contribution is 6.74. The Balaban J connectivity index is 2.58. The number of nitro benzene ring substituents is 2. The minimum atomic E-state index is -2.10. The molecule has 0 aliphatic heterocycles. The van der Waals surface area contributed by atoms with E-state index in [-0.39, 0.29) is 16.2 Å². The molecular formula is C19H22N2O7Si. The van der Waals surface area contributed by atoms with Crippen LogP contribution in [-0.4, -0.2) is 29.2 Å². The molecule has 0 saturated carbocycles. The fourth-order valence-electron chi connectivity index (χ4n) is 2.46. The maximum absolute atomic E-state index is 11.5. The van der Waals surface area contributed by atoms with Gasteiger partial charge in [0.05, 0.1) is 15.4 Å². The summed E-state index contributed by atoms with van der Waals surface area (Å²) in [5.41, 5.74) is -1.83. The number of benzene rings is 2. The lowest BCUT2D eigenvalue weighted by Crippen LogP contribution is -2.43. The number of carbonyl (C=O) groups is 1. The lowest BCUT2D eigenvalue weighted by Gasteiger charge is -2.36. The molecule has 0 unspecified atom stereocenters. The number of hydrogen-bond donors (Lipinski definition) is 1. The zero-order valence-electron chi connectivity index (χ0n) is 16.8. The molecule has 0 heterocycles. The monoisotopic (exact) mass is 418 g/mol. The maximum atomic E-state index is 11.5. The van der Waals surface area contributed by atoms with Gasteiger partial charge in [-0.15, -0.1) is 0 Å². The van der Waals surface area contributed by atoms with Crippen LogP contribution in [0.1, 0.15) is 31.1 Å². The topological polar surface area (TPSA) is 133 Å². The Hall–Kier alpha value is -3.27. The summed E-state index contributed by atoms with van der Waals surface area (Å²) in [7, 11) is -2.10. The zero-order valence-corrected chi connectivity index (χ0v) is 17.8. The van der Waals surface area contributed by atoms with Gasteiger partial charge in [0.25, 0.3) is 11.4 Å². The second-order valence-corrected chi connectivity index (χ2v) is 12.8. The first-order valence-corrected chi connectivity index (χ1v) is 11.6. The lowest BCUT2D eigenvalue weighted by atomic mass is 9.99. The maximum Gasteiger partial charge on any atom is 0.336 e. The van der Waals surface area contributed by atoms with Gasteiger partial charge >= 0.3 is 5.97 Å². The van der Waals surface area contributed by atoms with Crippen LogP contribution in [-0.2, 0) is 0 Å². The molecule has 1 N–H and O–H groups in total. The van der Waals surface area contributed by atoms with Crippen molar-refractivity contribution >= 4 is 25.7 Å². The molecule has 0 aliphatic rings. The van der Waals surface area contributed by atoms with Gasteiger partial charge in [-0.25, -0.2) is 4.79 Å². The van der Waals surface area contributed by atoms with E-state index in [0.29, 0.717) is 5.75 Å². The molecular weight excluding hydrogens is 396 g/mol. The van der Waals surface area contributed by atoms with Crippen LogP contribution in [0.4, 0.5) is 11.4 Å². The highest BCUT2D eigenvalue weighted by Gasteiger charge is 2.39. The van der Waals surface area contributed by atoms with Crippen LogP contribution in [0.15, 0.2) is 36.4 Å². The van der Waals surface area contributed by atoms with Crippen LogP contribution in [0.3, 0.4) is 0 Å². The van der Waals surface area contributed by atoms with Crippen LogP contribution in [0.2, 0.25) is 18.1 Å². The molecule has 0 aromatic heterocycles. The van der Waals surface area contributed by atoms with Gasteiger partial charge in [0.1, 0.15) is 11.3 Å². The molecule has 0 aliphatic carbocycles. The Morgan fingerprint density at radius 3 is 1.79 bits per heavy atom. The van der Waals surface area contributed by atoms with Gasteiger partial charge < -0.3 is 9.53 Å². The first kappa shape index (κ1) is 22.0. The summed E-state index contributed by atoms with van der Waals surface area (Å²) in [4.78, 5) is 32.5. The molecule has 154 valence electrons. The van der Waals surface area contributed by atoms with Crippen molar-refractivity contribution in [3.05, 3.63) is 62.2 Å². The van der Waals surface area contributed by atoms with Gasteiger partial charge in [-0.05, 0) is 35.8 Å². The van der Waals surface area contributed by atoms with E-state index in [1.54, 1.807) is 12.1 Å². The van der Waals surface area contributed by atoms with Gasteiger partial charge in [0.2, 0.25) is 8.32 Å². The van der Waals surface area contributed by atoms with Gasteiger partial charge in [-0.2, -0.15) is 0 Å². The summed E-state index contributed by atoms with van der Waals surface area (Å²) in [5, 5.41) is 32.0. The Kier molecular flexibility index (Phi) is 5.79. The number of nitrogens with zero attached hydrogens (tertiary/aromatic N) is 2. The predicted molar refractivity (Wildman–Crippen MR) is 110 cm³/mol. The summed E-state index contributed by atoms with van der Waals surface area (Å²) in [6.07, 6.45) is 0. The Bertz CT molecular complexity index is 944. The number of carboxylic acid groups (broad SMARTS) is 1. The van der Waals surface area contributed by atoms with Crippen molar-refractivity contribution in [2.45, 2.75) is 38.9 Å². The third-order valence-corrected chi connectivity index (χ3v) is 9.42. The van der Waals surface area contributed by atoms with Crippen molar-refractivity contribution in [2.24, 2.45) is 0 Å². The average molecular weight is 418 g/mol. The van der Waals surface area contributed by atoms with Gasteiger partial charge in [-0.3, -0.25) is 20.2 Å². The standard InChI is InChI=1S/C19H22N2O7Si/c1-19(2,3)29(4,5)28-14-8-6-12(7-9-14)17-15(20(24)25)10-13(18(22)23)11-16(17)21(26)27/h6-11H,1-5H3,(H,22,23). The minimum Gasteiger partial charge on any atom is -0.544 e.